The number of hydrazone groups is 1. The largest absolute Gasteiger partial charge is 0.465 e. The van der Waals surface area contributed by atoms with Gasteiger partial charge in [0.2, 0.25) is 0 Å². The molecule has 1 aromatic heterocycles. The molecule has 0 bridgehead atoms. The molecule has 0 saturated heterocycles. The molecule has 3 rings (SSSR count). The highest BCUT2D eigenvalue weighted by molar-refractivity contribution is 6.67. The fraction of sp³-hybridized carbons (Fsp3) is 0.143. The Balaban J connectivity index is 1.94. The van der Waals surface area contributed by atoms with Crippen molar-refractivity contribution in [2.45, 2.75) is 6.92 Å². The highest BCUT2D eigenvalue weighted by Crippen LogP contribution is 2.20. The van der Waals surface area contributed by atoms with Gasteiger partial charge in [-0.1, -0.05) is 0 Å². The monoisotopic (exact) mass is 483 g/mol. The molecule has 14 heteroatoms. The van der Waals surface area contributed by atoms with E-state index in [1.54, 1.807) is 0 Å². The van der Waals surface area contributed by atoms with Crippen molar-refractivity contribution in [3.8, 4) is 0 Å². The topological polar surface area (TPSA) is 204 Å². The van der Waals surface area contributed by atoms with Gasteiger partial charge in [-0.25, -0.2) is 24.9 Å². The predicted molar refractivity (Wildman–Crippen MR) is 125 cm³/mol. The molecule has 0 saturated carbocycles. The number of carbonyl (C=O) groups excluding carboxylic acids is 4. The Morgan fingerprint density at radius 1 is 1.03 bits per heavy atom. The molecule has 3 aromatic rings. The Morgan fingerprint density at radius 3 is 2.17 bits per heavy atom. The molecule has 0 aliphatic heterocycles. The van der Waals surface area contributed by atoms with Gasteiger partial charge < -0.3 is 25.6 Å². The number of ether oxygens (including phenoxy) is 2. The standard InChI is InChI=1S/C21H21N7O7/c1-10(29)17(18(30)24-13-4-5-16-15(9-13)25-21(33)27(16)22)26-28(23)14-7-11(19(31)34-2)6-12(8-14)20(32)35-3/h4-9H,22-23H2,1-3H3,(H,24,30)(H,25,33)/b26-17-. The number of hydrogen-bond acceptors (Lipinski definition) is 11. The number of Topliss-reactive ketones (excluding diaryl/α,β-unsaturated/α-hetero) is 1. The van der Waals surface area contributed by atoms with Crippen LogP contribution in [-0.4, -0.2) is 53.2 Å². The number of methoxy groups -OCH3 is 2. The number of rotatable bonds is 7. The number of carbonyl (C=O) groups is 4. The minimum absolute atomic E-state index is 0.0110. The number of amides is 1. The van der Waals surface area contributed by atoms with Crippen LogP contribution in [0.15, 0.2) is 46.3 Å². The number of nitrogens with one attached hydrogen (secondary N) is 2. The summed E-state index contributed by atoms with van der Waals surface area (Å²) in [5.74, 6) is 8.38. The zero-order chi connectivity index (χ0) is 25.9. The van der Waals surface area contributed by atoms with Crippen molar-refractivity contribution in [2.75, 3.05) is 30.5 Å². The van der Waals surface area contributed by atoms with Gasteiger partial charge in [-0.3, -0.25) is 9.59 Å². The number of H-pyrrole nitrogens is 1. The Labute approximate surface area is 197 Å². The second kappa shape index (κ2) is 9.88. The summed E-state index contributed by atoms with van der Waals surface area (Å²) in [6.45, 7) is 1.10. The summed E-state index contributed by atoms with van der Waals surface area (Å²) < 4.78 is 10.2. The number of nitrogens with zero attached hydrogens (tertiary/aromatic N) is 3. The number of nitrogen functional groups attached to an aromatic ring is 1. The molecule has 1 amide bonds. The second-order valence-electron chi connectivity index (χ2n) is 7.09. The first-order valence-corrected chi connectivity index (χ1v) is 9.83. The lowest BCUT2D eigenvalue weighted by molar-refractivity contribution is -0.114. The van der Waals surface area contributed by atoms with Gasteiger partial charge in [0.05, 0.1) is 42.1 Å². The predicted octanol–water partition coefficient (Wildman–Crippen LogP) is -0.120. The molecular formula is C21H21N7O7. The summed E-state index contributed by atoms with van der Waals surface area (Å²) in [6.07, 6.45) is 0. The van der Waals surface area contributed by atoms with E-state index in [-0.39, 0.29) is 22.5 Å². The lowest BCUT2D eigenvalue weighted by atomic mass is 10.1. The SMILES string of the molecule is COC(=O)c1cc(C(=O)OC)cc(N(N)/N=C(/C(C)=O)C(=O)Nc2ccc3c(c2)[nH]c(=O)n3N)c1. The van der Waals surface area contributed by atoms with E-state index in [9.17, 15) is 24.0 Å². The lowest BCUT2D eigenvalue weighted by Gasteiger charge is -2.16. The molecule has 2 aromatic carbocycles. The Bertz CT molecular complexity index is 1400. The fourth-order valence-corrected chi connectivity index (χ4v) is 3.06. The number of fused-ring (bicyclic) bond motifs is 1. The summed E-state index contributed by atoms with van der Waals surface area (Å²) in [7, 11) is 2.30. The molecule has 0 atom stereocenters. The third-order valence-corrected chi connectivity index (χ3v) is 4.76. The Hall–Kier alpha value is -4.98. The molecule has 0 fully saturated rings. The number of aromatic amines is 1. The fourth-order valence-electron chi connectivity index (χ4n) is 3.06. The molecule has 0 aliphatic rings. The van der Waals surface area contributed by atoms with Crippen molar-refractivity contribution in [1.29, 1.82) is 0 Å². The van der Waals surface area contributed by atoms with Crippen molar-refractivity contribution in [3.05, 3.63) is 58.0 Å². The summed E-state index contributed by atoms with van der Waals surface area (Å²) in [5, 5.41) is 7.00. The number of esters is 2. The van der Waals surface area contributed by atoms with Crippen molar-refractivity contribution in [2.24, 2.45) is 10.9 Å². The molecular weight excluding hydrogens is 462 g/mol. The Kier molecular flexibility index (Phi) is 6.96. The highest BCUT2D eigenvalue weighted by atomic mass is 16.5. The number of hydrogen-bond donors (Lipinski definition) is 4. The molecule has 182 valence electrons. The molecule has 14 nitrogen and oxygen atoms in total. The number of nitrogens with two attached hydrogens (primary N) is 2. The van der Waals surface area contributed by atoms with E-state index in [0.29, 0.717) is 16.2 Å². The third kappa shape index (κ3) is 5.17. The van der Waals surface area contributed by atoms with Crippen LogP contribution in [0.3, 0.4) is 0 Å². The average Bonchev–Trinajstić information content (AvgIpc) is 3.12. The molecule has 0 aliphatic carbocycles. The van der Waals surface area contributed by atoms with Crippen LogP contribution in [0.25, 0.3) is 11.0 Å². The van der Waals surface area contributed by atoms with Crippen LogP contribution in [0.5, 0.6) is 0 Å². The van der Waals surface area contributed by atoms with Crippen LogP contribution in [0, 0.1) is 0 Å². The summed E-state index contributed by atoms with van der Waals surface area (Å²) in [4.78, 5) is 63.1. The van der Waals surface area contributed by atoms with E-state index in [2.05, 4.69) is 24.9 Å². The van der Waals surface area contributed by atoms with Crippen molar-refractivity contribution in [1.82, 2.24) is 9.66 Å². The molecule has 1 heterocycles. The number of anilines is 2. The van der Waals surface area contributed by atoms with Crippen LogP contribution in [0.4, 0.5) is 11.4 Å². The first kappa shape index (κ1) is 24.7. The van der Waals surface area contributed by atoms with Gasteiger partial charge >= 0.3 is 17.6 Å². The smallest absolute Gasteiger partial charge is 0.344 e. The zero-order valence-corrected chi connectivity index (χ0v) is 18.8. The highest BCUT2D eigenvalue weighted by Gasteiger charge is 2.21. The third-order valence-electron chi connectivity index (χ3n) is 4.76. The van der Waals surface area contributed by atoms with Crippen LogP contribution < -0.4 is 27.8 Å². The van der Waals surface area contributed by atoms with Crippen LogP contribution in [0.1, 0.15) is 27.6 Å². The number of benzene rings is 2. The van der Waals surface area contributed by atoms with Gasteiger partial charge in [0.25, 0.3) is 5.91 Å². The van der Waals surface area contributed by atoms with Crippen LogP contribution in [-0.2, 0) is 19.1 Å². The zero-order valence-electron chi connectivity index (χ0n) is 18.8. The number of hydrazine groups is 1. The first-order valence-electron chi connectivity index (χ1n) is 9.83. The molecule has 6 N–H and O–H groups in total. The molecule has 35 heavy (non-hydrogen) atoms. The van der Waals surface area contributed by atoms with Crippen LogP contribution in [0.2, 0.25) is 0 Å². The second-order valence-corrected chi connectivity index (χ2v) is 7.09. The lowest BCUT2D eigenvalue weighted by Crippen LogP contribution is -2.35. The summed E-state index contributed by atoms with van der Waals surface area (Å²) >= 11 is 0. The first-order chi connectivity index (χ1) is 16.5. The van der Waals surface area contributed by atoms with E-state index in [4.69, 9.17) is 11.7 Å². The van der Waals surface area contributed by atoms with E-state index in [0.717, 1.165) is 25.8 Å². The van der Waals surface area contributed by atoms with E-state index in [1.807, 2.05) is 0 Å². The van der Waals surface area contributed by atoms with E-state index >= 15 is 0 Å². The molecule has 0 unspecified atom stereocenters. The maximum absolute atomic E-state index is 12.8. The average molecular weight is 483 g/mol. The van der Waals surface area contributed by atoms with Gasteiger partial charge in [0, 0.05) is 12.6 Å². The van der Waals surface area contributed by atoms with Crippen molar-refractivity contribution >= 4 is 51.7 Å². The molecule has 0 spiro atoms. The summed E-state index contributed by atoms with van der Waals surface area (Å²) in [5.41, 5.74) is -0.237. The number of imidazole rings is 1. The Morgan fingerprint density at radius 2 is 1.63 bits per heavy atom. The van der Waals surface area contributed by atoms with Gasteiger partial charge in [-0.05, 0) is 36.4 Å². The van der Waals surface area contributed by atoms with Crippen molar-refractivity contribution < 1.29 is 28.7 Å². The normalized spacial score (nSPS) is 11.1. The van der Waals surface area contributed by atoms with Gasteiger partial charge in [-0.15, -0.1) is 5.10 Å². The van der Waals surface area contributed by atoms with E-state index < -0.39 is 35.0 Å². The molecule has 0 radical (unpaired) electrons. The van der Waals surface area contributed by atoms with Gasteiger partial charge in [0.1, 0.15) is 0 Å². The van der Waals surface area contributed by atoms with Crippen molar-refractivity contribution in [3.63, 3.8) is 0 Å². The van der Waals surface area contributed by atoms with Crippen LogP contribution >= 0.6 is 0 Å². The maximum Gasteiger partial charge on any atom is 0.344 e. The minimum Gasteiger partial charge on any atom is -0.465 e. The maximum atomic E-state index is 12.8. The van der Waals surface area contributed by atoms with E-state index in [1.165, 1.54) is 36.4 Å². The quantitative estimate of drug-likeness (QED) is 0.115. The van der Waals surface area contributed by atoms with Gasteiger partial charge in [0.15, 0.2) is 11.5 Å². The summed E-state index contributed by atoms with van der Waals surface area (Å²) in [6, 6.07) is 8.13. The van der Waals surface area contributed by atoms with Gasteiger partial charge in [-0.2, -0.15) is 5.12 Å². The number of ketones is 1. The minimum atomic E-state index is -0.904. The number of aromatic nitrogens is 2.